The van der Waals surface area contributed by atoms with E-state index >= 15 is 0 Å². The number of rotatable bonds is 6. The quantitative estimate of drug-likeness (QED) is 0.877. The predicted molar refractivity (Wildman–Crippen MR) is 82.0 cm³/mol. The largest absolute Gasteiger partial charge is 0.308 e. The van der Waals surface area contributed by atoms with Crippen molar-refractivity contribution in [3.05, 3.63) is 52.8 Å². The monoisotopic (exact) mass is 321 g/mol. The second kappa shape index (κ2) is 6.87. The third-order valence-electron chi connectivity index (χ3n) is 3.23. The molecule has 102 valence electrons. The van der Waals surface area contributed by atoms with Gasteiger partial charge in [0, 0.05) is 35.5 Å². The molecule has 1 heterocycles. The summed E-state index contributed by atoms with van der Waals surface area (Å²) in [6.07, 6.45) is 4.90. The number of nitrogens with one attached hydrogen (secondary N) is 1. The maximum Gasteiger partial charge on any atom is 0.0489 e. The summed E-state index contributed by atoms with van der Waals surface area (Å²) in [4.78, 5) is 0. The van der Waals surface area contributed by atoms with E-state index in [9.17, 15) is 0 Å². The highest BCUT2D eigenvalue weighted by Gasteiger charge is 2.09. The Morgan fingerprint density at radius 2 is 2.16 bits per heavy atom. The van der Waals surface area contributed by atoms with E-state index in [0.717, 1.165) is 17.4 Å². The van der Waals surface area contributed by atoms with E-state index in [1.807, 2.05) is 23.1 Å². The lowest BCUT2D eigenvalue weighted by atomic mass is 10.1. The van der Waals surface area contributed by atoms with Gasteiger partial charge in [-0.05, 0) is 44.0 Å². The number of hydrogen-bond donors (Lipinski definition) is 1. The summed E-state index contributed by atoms with van der Waals surface area (Å²) < 4.78 is 3.10. The van der Waals surface area contributed by atoms with Crippen molar-refractivity contribution in [3.63, 3.8) is 0 Å². The molecule has 1 aromatic heterocycles. The minimum absolute atomic E-state index is 0.352. The number of aryl methyl sites for hydroxylation is 1. The molecule has 19 heavy (non-hydrogen) atoms. The SMILES string of the molecule is C[C@H](CCn1cccn1)N[C@H](C)c1cccc(Br)c1. The first kappa shape index (κ1) is 14.3. The second-order valence-corrected chi connectivity index (χ2v) is 5.82. The maximum absolute atomic E-state index is 4.22. The Balaban J connectivity index is 1.83. The molecule has 3 nitrogen and oxygen atoms in total. The minimum atomic E-state index is 0.352. The molecule has 0 saturated heterocycles. The third-order valence-corrected chi connectivity index (χ3v) is 3.73. The molecule has 0 spiro atoms. The average molecular weight is 322 g/mol. The zero-order valence-electron chi connectivity index (χ0n) is 11.4. The van der Waals surface area contributed by atoms with E-state index < -0.39 is 0 Å². The Kier molecular flexibility index (Phi) is 5.16. The fourth-order valence-corrected chi connectivity index (χ4v) is 2.56. The van der Waals surface area contributed by atoms with E-state index in [1.165, 1.54) is 5.56 Å². The van der Waals surface area contributed by atoms with Gasteiger partial charge < -0.3 is 5.32 Å². The molecule has 0 unspecified atom stereocenters. The Hall–Kier alpha value is -1.13. The highest BCUT2D eigenvalue weighted by atomic mass is 79.9. The van der Waals surface area contributed by atoms with Crippen LogP contribution in [0.15, 0.2) is 47.2 Å². The van der Waals surface area contributed by atoms with Gasteiger partial charge in [-0.1, -0.05) is 28.1 Å². The molecule has 0 radical (unpaired) electrons. The van der Waals surface area contributed by atoms with Gasteiger partial charge in [0.05, 0.1) is 0 Å². The third kappa shape index (κ3) is 4.48. The molecule has 0 aliphatic heterocycles. The van der Waals surface area contributed by atoms with Gasteiger partial charge in [0.25, 0.3) is 0 Å². The summed E-state index contributed by atoms with van der Waals surface area (Å²) >= 11 is 3.51. The van der Waals surface area contributed by atoms with Crippen molar-refractivity contribution >= 4 is 15.9 Å². The van der Waals surface area contributed by atoms with Crippen molar-refractivity contribution < 1.29 is 0 Å². The number of nitrogens with zero attached hydrogens (tertiary/aromatic N) is 2. The van der Waals surface area contributed by atoms with Crippen molar-refractivity contribution in [1.29, 1.82) is 0 Å². The Labute approximate surface area is 123 Å². The highest BCUT2D eigenvalue weighted by Crippen LogP contribution is 2.18. The normalized spacial score (nSPS) is 14.3. The highest BCUT2D eigenvalue weighted by molar-refractivity contribution is 9.10. The van der Waals surface area contributed by atoms with Crippen LogP contribution in [0.4, 0.5) is 0 Å². The molecular formula is C15H20BrN3. The van der Waals surface area contributed by atoms with Crippen molar-refractivity contribution in [2.75, 3.05) is 0 Å². The first-order chi connectivity index (χ1) is 9.15. The Bertz CT molecular complexity index is 496. The fraction of sp³-hybridized carbons (Fsp3) is 0.400. The van der Waals surface area contributed by atoms with Gasteiger partial charge in [-0.3, -0.25) is 4.68 Å². The molecule has 1 aromatic carbocycles. The van der Waals surface area contributed by atoms with Gasteiger partial charge in [0.15, 0.2) is 0 Å². The molecule has 0 aliphatic carbocycles. The summed E-state index contributed by atoms with van der Waals surface area (Å²) in [5.74, 6) is 0. The van der Waals surface area contributed by atoms with Crippen LogP contribution in [0.1, 0.15) is 31.9 Å². The summed E-state index contributed by atoms with van der Waals surface area (Å²) in [7, 11) is 0. The fourth-order valence-electron chi connectivity index (χ4n) is 2.14. The van der Waals surface area contributed by atoms with Crippen molar-refractivity contribution in [3.8, 4) is 0 Å². The number of hydrogen-bond acceptors (Lipinski definition) is 2. The predicted octanol–water partition coefficient (Wildman–Crippen LogP) is 3.78. The lowest BCUT2D eigenvalue weighted by Gasteiger charge is -2.20. The average Bonchev–Trinajstić information content (AvgIpc) is 2.89. The molecule has 0 bridgehead atoms. The van der Waals surface area contributed by atoms with Crippen LogP contribution in [0.2, 0.25) is 0 Å². The van der Waals surface area contributed by atoms with Crippen LogP contribution in [0.3, 0.4) is 0 Å². The zero-order valence-corrected chi connectivity index (χ0v) is 13.0. The first-order valence-electron chi connectivity index (χ1n) is 6.64. The standard InChI is InChI=1S/C15H20BrN3/c1-12(7-10-19-9-4-8-17-19)18-13(2)14-5-3-6-15(16)11-14/h3-6,8-9,11-13,18H,7,10H2,1-2H3/t12-,13-/m1/s1. The van der Waals surface area contributed by atoms with E-state index in [4.69, 9.17) is 0 Å². The summed E-state index contributed by atoms with van der Waals surface area (Å²) in [5.41, 5.74) is 1.31. The Morgan fingerprint density at radius 1 is 1.32 bits per heavy atom. The van der Waals surface area contributed by atoms with Gasteiger partial charge in [0.2, 0.25) is 0 Å². The van der Waals surface area contributed by atoms with Gasteiger partial charge in [-0.15, -0.1) is 0 Å². The van der Waals surface area contributed by atoms with Crippen LogP contribution >= 0.6 is 15.9 Å². The van der Waals surface area contributed by atoms with Crippen LogP contribution in [0.5, 0.6) is 0 Å². The van der Waals surface area contributed by atoms with Gasteiger partial charge in [0.1, 0.15) is 0 Å². The molecule has 2 rings (SSSR count). The molecule has 2 atom stereocenters. The van der Waals surface area contributed by atoms with E-state index in [2.05, 4.69) is 64.5 Å². The van der Waals surface area contributed by atoms with Crippen LogP contribution in [-0.4, -0.2) is 15.8 Å². The second-order valence-electron chi connectivity index (χ2n) is 4.90. The number of aromatic nitrogens is 2. The molecule has 4 heteroatoms. The van der Waals surface area contributed by atoms with Crippen LogP contribution in [0, 0.1) is 0 Å². The molecule has 1 N–H and O–H groups in total. The lowest BCUT2D eigenvalue weighted by molar-refractivity contribution is 0.421. The van der Waals surface area contributed by atoms with E-state index in [-0.39, 0.29) is 0 Å². The number of halogens is 1. The molecular weight excluding hydrogens is 302 g/mol. The lowest BCUT2D eigenvalue weighted by Crippen LogP contribution is -2.30. The summed E-state index contributed by atoms with van der Waals surface area (Å²) in [6.45, 7) is 5.37. The van der Waals surface area contributed by atoms with Crippen LogP contribution in [-0.2, 0) is 6.54 Å². The van der Waals surface area contributed by atoms with Gasteiger partial charge in [-0.25, -0.2) is 0 Å². The molecule has 0 aliphatic rings. The minimum Gasteiger partial charge on any atom is -0.308 e. The summed E-state index contributed by atoms with van der Waals surface area (Å²) in [6, 6.07) is 11.2. The molecule has 2 aromatic rings. The van der Waals surface area contributed by atoms with Crippen LogP contribution in [0.25, 0.3) is 0 Å². The van der Waals surface area contributed by atoms with Gasteiger partial charge >= 0.3 is 0 Å². The molecule has 0 fully saturated rings. The van der Waals surface area contributed by atoms with Crippen molar-refractivity contribution in [2.45, 2.75) is 38.9 Å². The smallest absolute Gasteiger partial charge is 0.0489 e. The molecule has 0 saturated carbocycles. The first-order valence-corrected chi connectivity index (χ1v) is 7.43. The van der Waals surface area contributed by atoms with Crippen LogP contribution < -0.4 is 5.32 Å². The van der Waals surface area contributed by atoms with Crippen molar-refractivity contribution in [1.82, 2.24) is 15.1 Å². The summed E-state index contributed by atoms with van der Waals surface area (Å²) in [5, 5.41) is 7.84. The maximum atomic E-state index is 4.22. The van der Waals surface area contributed by atoms with E-state index in [1.54, 1.807) is 0 Å². The van der Waals surface area contributed by atoms with Gasteiger partial charge in [-0.2, -0.15) is 5.10 Å². The molecule has 0 amide bonds. The zero-order chi connectivity index (χ0) is 13.7. The van der Waals surface area contributed by atoms with E-state index in [0.29, 0.717) is 12.1 Å². The Morgan fingerprint density at radius 3 is 2.84 bits per heavy atom. The van der Waals surface area contributed by atoms with Crippen molar-refractivity contribution in [2.24, 2.45) is 0 Å². The number of benzene rings is 1. The topological polar surface area (TPSA) is 29.9 Å².